The Morgan fingerprint density at radius 2 is 1.62 bits per heavy atom. The highest BCUT2D eigenvalue weighted by molar-refractivity contribution is 7.89. The zero-order valence-corrected chi connectivity index (χ0v) is 31.2. The molecule has 2 aliphatic rings. The Morgan fingerprint density at radius 3 is 2.11 bits per heavy atom. The van der Waals surface area contributed by atoms with Crippen molar-refractivity contribution in [3.8, 4) is 0 Å². The molecule has 0 aromatic carbocycles. The number of amides is 4. The smallest absolute Gasteiger partial charge is 0.315 e. The van der Waals surface area contributed by atoms with Crippen LogP contribution in [0.2, 0.25) is 0 Å². The summed E-state index contributed by atoms with van der Waals surface area (Å²) in [6.07, 6.45) is 3.15. The molecule has 0 spiro atoms. The number of fused-ring (bicyclic) bond motifs is 1. The van der Waals surface area contributed by atoms with Gasteiger partial charge in [0.05, 0.1) is 17.8 Å². The molecule has 0 aromatic rings. The van der Waals surface area contributed by atoms with Crippen molar-refractivity contribution in [2.45, 2.75) is 106 Å². The summed E-state index contributed by atoms with van der Waals surface area (Å²) in [4.78, 5) is 69.0. The summed E-state index contributed by atoms with van der Waals surface area (Å²) in [6.45, 7) is 21.0. The first kappa shape index (κ1) is 40.4. The number of unbranched alkanes of at least 4 members (excludes halogenated alkanes) is 1. The molecule has 268 valence electrons. The molecule has 1 aliphatic heterocycles. The lowest BCUT2D eigenvalue weighted by atomic mass is 9.84. The Labute approximate surface area is 282 Å². The van der Waals surface area contributed by atoms with E-state index in [9.17, 15) is 32.4 Å². The van der Waals surface area contributed by atoms with Gasteiger partial charge in [-0.1, -0.05) is 81.2 Å². The fourth-order valence-electron chi connectivity index (χ4n) is 6.47. The van der Waals surface area contributed by atoms with E-state index < -0.39 is 68.5 Å². The van der Waals surface area contributed by atoms with E-state index in [2.05, 4.69) is 36.4 Å². The average molecular weight is 682 g/mol. The van der Waals surface area contributed by atoms with Gasteiger partial charge in [-0.05, 0) is 34.5 Å². The molecule has 13 heteroatoms. The third-order valence-corrected chi connectivity index (χ3v) is 11.7. The number of piperidine rings is 1. The van der Waals surface area contributed by atoms with Crippen LogP contribution >= 0.6 is 0 Å². The van der Waals surface area contributed by atoms with Crippen LogP contribution < -0.4 is 16.0 Å². The lowest BCUT2D eigenvalue weighted by Gasteiger charge is -2.38. The fraction of sp³-hybridized carbons (Fsp3) is 0.794. The largest absolute Gasteiger partial charge is 0.346 e. The summed E-state index contributed by atoms with van der Waals surface area (Å²) in [6, 6.07) is -3.28. The quantitative estimate of drug-likeness (QED) is 0.167. The average Bonchev–Trinajstić information content (AvgIpc) is 3.26. The highest BCUT2D eigenvalue weighted by atomic mass is 32.2. The van der Waals surface area contributed by atoms with E-state index in [0.29, 0.717) is 19.4 Å². The third kappa shape index (κ3) is 9.87. The van der Waals surface area contributed by atoms with Gasteiger partial charge in [0.25, 0.3) is 5.91 Å². The van der Waals surface area contributed by atoms with Crippen LogP contribution in [0.5, 0.6) is 0 Å². The number of carbonyl (C=O) groups is 5. The minimum atomic E-state index is -3.65. The summed E-state index contributed by atoms with van der Waals surface area (Å²) in [5.74, 6) is -3.23. The number of hydrogen-bond acceptors (Lipinski definition) is 7. The molecule has 3 N–H and O–H groups in total. The molecule has 12 nitrogen and oxygen atoms in total. The maximum absolute atomic E-state index is 14.3. The van der Waals surface area contributed by atoms with Gasteiger partial charge >= 0.3 is 6.03 Å². The Hall–Kier alpha value is -2.80. The third-order valence-electron chi connectivity index (χ3n) is 9.85. The standard InChI is InChI=1S/C34H59N5O7S/c1-13-15-16-21(27(41)29(42)35-17-14-2)18-23(40)26-25-22(34(25,9)10)19-39(26)30(43)28(33(6,7)8)37-31(44)36-24(32(3,4)5)20-47(45,46)38(11)12/h14,21-22,24-26,28H,2,13,15-20H2,1,3-12H3,(H,35,42)(H2,36,37,44)/t21?,22-,24+,25-,26+,28+/m0/s1. The Kier molecular flexibility index (Phi) is 13.0. The van der Waals surface area contributed by atoms with E-state index in [1.165, 1.54) is 20.2 Å². The first-order valence-corrected chi connectivity index (χ1v) is 18.3. The molecule has 1 saturated carbocycles. The van der Waals surface area contributed by atoms with Crippen LogP contribution in [0.1, 0.15) is 88.0 Å². The van der Waals surface area contributed by atoms with Crippen LogP contribution in [0.15, 0.2) is 12.7 Å². The van der Waals surface area contributed by atoms with Gasteiger partial charge in [0.1, 0.15) is 6.04 Å². The molecular formula is C34H59N5O7S. The maximum atomic E-state index is 14.3. The number of nitrogens with zero attached hydrogens (tertiary/aromatic N) is 2. The lowest BCUT2D eigenvalue weighted by Crippen LogP contribution is -2.61. The van der Waals surface area contributed by atoms with Gasteiger partial charge in [0.15, 0.2) is 5.78 Å². The van der Waals surface area contributed by atoms with Gasteiger partial charge in [-0.25, -0.2) is 17.5 Å². The van der Waals surface area contributed by atoms with E-state index >= 15 is 0 Å². The molecule has 0 aromatic heterocycles. The second-order valence-electron chi connectivity index (χ2n) is 16.2. The molecule has 0 bridgehead atoms. The first-order chi connectivity index (χ1) is 21.4. The van der Waals surface area contributed by atoms with Crippen LogP contribution in [0.25, 0.3) is 0 Å². The molecule has 1 saturated heterocycles. The molecule has 0 radical (unpaired) electrons. The summed E-state index contributed by atoms with van der Waals surface area (Å²) in [5.41, 5.74) is -1.56. The molecule has 6 atom stereocenters. The Morgan fingerprint density at radius 1 is 1.02 bits per heavy atom. The summed E-state index contributed by atoms with van der Waals surface area (Å²) in [7, 11) is -0.783. The van der Waals surface area contributed by atoms with E-state index in [0.717, 1.165) is 10.7 Å². The van der Waals surface area contributed by atoms with Crippen molar-refractivity contribution in [2.24, 2.45) is 34.0 Å². The summed E-state index contributed by atoms with van der Waals surface area (Å²) >= 11 is 0. The summed E-state index contributed by atoms with van der Waals surface area (Å²) < 4.78 is 26.5. The van der Waals surface area contributed by atoms with Gasteiger partial charge in [-0.2, -0.15) is 0 Å². The molecule has 2 fully saturated rings. The second-order valence-corrected chi connectivity index (χ2v) is 18.4. The zero-order valence-electron chi connectivity index (χ0n) is 30.4. The lowest BCUT2D eigenvalue weighted by molar-refractivity contribution is -0.145. The maximum Gasteiger partial charge on any atom is 0.315 e. The van der Waals surface area contributed by atoms with Crippen LogP contribution in [-0.4, -0.2) is 98.1 Å². The van der Waals surface area contributed by atoms with Crippen LogP contribution in [0.3, 0.4) is 0 Å². The molecule has 4 amide bonds. The van der Waals surface area contributed by atoms with Crippen molar-refractivity contribution in [3.05, 3.63) is 12.7 Å². The van der Waals surface area contributed by atoms with Crippen LogP contribution in [-0.2, 0) is 29.2 Å². The zero-order chi connectivity index (χ0) is 36.3. The normalized spacial score (nSPS) is 22.5. The van der Waals surface area contributed by atoms with Crippen LogP contribution in [0.4, 0.5) is 4.79 Å². The topological polar surface area (TPSA) is 162 Å². The number of urea groups is 1. The minimum Gasteiger partial charge on any atom is -0.346 e. The van der Waals surface area contributed by atoms with Gasteiger partial charge in [-0.3, -0.25) is 19.2 Å². The molecule has 2 rings (SSSR count). The number of likely N-dealkylation sites (tertiary alicyclic amines) is 1. The van der Waals surface area contributed by atoms with Crippen molar-refractivity contribution >= 4 is 39.4 Å². The fourth-order valence-corrected chi connectivity index (χ4v) is 7.78. The predicted octanol–water partition coefficient (Wildman–Crippen LogP) is 3.13. The van der Waals surface area contributed by atoms with Crippen LogP contribution in [0, 0.1) is 34.0 Å². The van der Waals surface area contributed by atoms with Crippen molar-refractivity contribution in [2.75, 3.05) is 32.9 Å². The van der Waals surface area contributed by atoms with Crippen molar-refractivity contribution in [1.29, 1.82) is 0 Å². The summed E-state index contributed by atoms with van der Waals surface area (Å²) in [5, 5.41) is 8.11. The number of nitrogens with one attached hydrogen (secondary N) is 3. The number of sulfonamides is 1. The predicted molar refractivity (Wildman–Crippen MR) is 183 cm³/mol. The Balaban J connectivity index is 2.35. The number of Topliss-reactive ketones (excluding diaryl/α,β-unsaturated/α-hetero) is 2. The highest BCUT2D eigenvalue weighted by Gasteiger charge is 2.69. The number of carbonyl (C=O) groups excluding carboxylic acids is 5. The van der Waals surface area contributed by atoms with Crippen molar-refractivity contribution in [3.63, 3.8) is 0 Å². The second kappa shape index (κ2) is 15.2. The molecule has 1 heterocycles. The molecule has 1 aliphatic carbocycles. The van der Waals surface area contributed by atoms with E-state index in [-0.39, 0.29) is 41.8 Å². The SMILES string of the molecule is C=CCNC(=O)C(=O)C(CCCC)CC(=O)[C@@H]1[C@@H]2[C@H](CN1C(=O)[C@@H](NC(=O)N[C@H](CS(=O)(=O)N(C)C)C(C)(C)C)C(C)(C)C)C2(C)C. The highest BCUT2D eigenvalue weighted by Crippen LogP contribution is 2.65. The Bertz CT molecular complexity index is 1310. The monoisotopic (exact) mass is 681 g/mol. The number of rotatable bonds is 16. The van der Waals surface area contributed by atoms with Gasteiger partial charge in [-0.15, -0.1) is 6.58 Å². The van der Waals surface area contributed by atoms with E-state index in [1.54, 1.807) is 4.90 Å². The van der Waals surface area contributed by atoms with Gasteiger partial charge in [0, 0.05) is 39.5 Å². The van der Waals surface area contributed by atoms with E-state index in [1.807, 2.05) is 48.5 Å². The minimum absolute atomic E-state index is 0.0806. The van der Waals surface area contributed by atoms with E-state index in [4.69, 9.17) is 0 Å². The van der Waals surface area contributed by atoms with Crippen molar-refractivity contribution < 1.29 is 32.4 Å². The van der Waals surface area contributed by atoms with Gasteiger partial charge in [0.2, 0.25) is 21.7 Å². The first-order valence-electron chi connectivity index (χ1n) is 16.6. The molecular weight excluding hydrogens is 622 g/mol. The van der Waals surface area contributed by atoms with Crippen molar-refractivity contribution in [1.82, 2.24) is 25.2 Å². The molecule has 47 heavy (non-hydrogen) atoms. The number of hydrogen-bond donors (Lipinski definition) is 3. The number of ketones is 2. The molecule has 1 unspecified atom stereocenters. The van der Waals surface area contributed by atoms with Gasteiger partial charge < -0.3 is 20.9 Å².